The van der Waals surface area contributed by atoms with Gasteiger partial charge in [0, 0.05) is 13.1 Å². The number of hydrogen-bond donors (Lipinski definition) is 1. The van der Waals surface area contributed by atoms with Gasteiger partial charge in [0.15, 0.2) is 0 Å². The second-order valence-electron chi connectivity index (χ2n) is 9.69. The Morgan fingerprint density at radius 2 is 1.47 bits per heavy atom. The van der Waals surface area contributed by atoms with Crippen molar-refractivity contribution in [2.45, 2.75) is 59.0 Å². The average molecular weight is 536 g/mol. The zero-order chi connectivity index (χ0) is 28.0. The highest BCUT2D eigenvalue weighted by atomic mass is 32.2. The van der Waals surface area contributed by atoms with Gasteiger partial charge in [-0.05, 0) is 88.1 Å². The van der Waals surface area contributed by atoms with Crippen LogP contribution in [0.5, 0.6) is 0 Å². The molecule has 0 heterocycles. The molecule has 3 aromatic rings. The molecule has 1 atom stereocenters. The lowest BCUT2D eigenvalue weighted by Crippen LogP contribution is -2.51. The summed E-state index contributed by atoms with van der Waals surface area (Å²) in [7, 11) is -4.08. The number of nitrogens with one attached hydrogen (secondary N) is 1. The molecule has 0 saturated carbocycles. The minimum atomic E-state index is -4.08. The van der Waals surface area contributed by atoms with Crippen LogP contribution in [0.15, 0.2) is 71.6 Å². The molecule has 2 amide bonds. The van der Waals surface area contributed by atoms with E-state index < -0.39 is 28.5 Å². The van der Waals surface area contributed by atoms with E-state index in [1.54, 1.807) is 43.3 Å². The number of carbonyl (C=O) groups is 2. The van der Waals surface area contributed by atoms with Crippen LogP contribution in [0.2, 0.25) is 0 Å². The van der Waals surface area contributed by atoms with Gasteiger partial charge in [-0.15, -0.1) is 0 Å². The van der Waals surface area contributed by atoms with Gasteiger partial charge >= 0.3 is 0 Å². The zero-order valence-corrected chi connectivity index (χ0v) is 23.8. The molecule has 0 aliphatic carbocycles. The largest absolute Gasteiger partial charge is 0.355 e. The molecule has 0 aliphatic heterocycles. The number of anilines is 1. The number of aryl methyl sites for hydroxylation is 4. The number of nitrogens with zero attached hydrogens (tertiary/aromatic N) is 2. The van der Waals surface area contributed by atoms with Crippen molar-refractivity contribution in [2.24, 2.45) is 0 Å². The van der Waals surface area contributed by atoms with E-state index in [-0.39, 0.29) is 17.3 Å². The van der Waals surface area contributed by atoms with E-state index in [0.29, 0.717) is 12.2 Å². The molecule has 0 bridgehead atoms. The number of rotatable bonds is 10. The second kappa shape index (κ2) is 12.3. The summed E-state index contributed by atoms with van der Waals surface area (Å²) in [6, 6.07) is 18.9. The van der Waals surface area contributed by atoms with Crippen LogP contribution in [0.1, 0.15) is 41.7 Å². The molecule has 0 radical (unpaired) electrons. The van der Waals surface area contributed by atoms with E-state index in [1.807, 2.05) is 65.0 Å². The van der Waals surface area contributed by atoms with Crippen LogP contribution in [0, 0.1) is 27.7 Å². The molecule has 0 spiro atoms. The summed E-state index contributed by atoms with van der Waals surface area (Å²) in [6.45, 7) is 11.2. The standard InChI is InChI=1S/C30H37N3O4S/c1-7-31-30(35)25(6)32(19-26-11-9-8-10-24(26)5)29(34)20-33(27-17-22(3)16-23(4)18-27)38(36,37)28-14-12-21(2)13-15-28/h8-18,25H,7,19-20H2,1-6H3,(H,31,35)/t25-/m1/s1. The second-order valence-corrected chi connectivity index (χ2v) is 11.6. The first kappa shape index (κ1) is 28.9. The van der Waals surface area contributed by atoms with E-state index in [0.717, 1.165) is 32.1 Å². The number of carbonyl (C=O) groups excluding carboxylic acids is 2. The Labute approximate surface area is 226 Å². The van der Waals surface area contributed by atoms with Crippen molar-refractivity contribution in [2.75, 3.05) is 17.4 Å². The number of hydrogen-bond acceptors (Lipinski definition) is 4. The van der Waals surface area contributed by atoms with Gasteiger partial charge in [0.05, 0.1) is 10.6 Å². The Bertz CT molecular complexity index is 1380. The quantitative estimate of drug-likeness (QED) is 0.409. The van der Waals surface area contributed by atoms with Crippen molar-refractivity contribution in [3.63, 3.8) is 0 Å². The number of likely N-dealkylation sites (N-methyl/N-ethyl adjacent to an activating group) is 1. The van der Waals surface area contributed by atoms with Gasteiger partial charge in [-0.1, -0.05) is 48.0 Å². The molecule has 0 saturated heterocycles. The van der Waals surface area contributed by atoms with Gasteiger partial charge < -0.3 is 10.2 Å². The van der Waals surface area contributed by atoms with E-state index in [9.17, 15) is 18.0 Å². The Morgan fingerprint density at radius 3 is 2.05 bits per heavy atom. The Kier molecular flexibility index (Phi) is 9.33. The van der Waals surface area contributed by atoms with E-state index in [1.165, 1.54) is 4.90 Å². The molecular formula is C30H37N3O4S. The molecule has 202 valence electrons. The van der Waals surface area contributed by atoms with Crippen LogP contribution < -0.4 is 9.62 Å². The molecular weight excluding hydrogens is 498 g/mol. The van der Waals surface area contributed by atoms with Crippen molar-refractivity contribution < 1.29 is 18.0 Å². The summed E-state index contributed by atoms with van der Waals surface area (Å²) >= 11 is 0. The highest BCUT2D eigenvalue weighted by Gasteiger charge is 2.32. The lowest BCUT2D eigenvalue weighted by Gasteiger charge is -2.32. The molecule has 0 aromatic heterocycles. The fourth-order valence-corrected chi connectivity index (χ4v) is 5.73. The van der Waals surface area contributed by atoms with Crippen molar-refractivity contribution in [1.82, 2.24) is 10.2 Å². The van der Waals surface area contributed by atoms with Crippen molar-refractivity contribution in [3.8, 4) is 0 Å². The molecule has 3 rings (SSSR count). The molecule has 8 heteroatoms. The summed E-state index contributed by atoms with van der Waals surface area (Å²) in [5.74, 6) is -0.768. The van der Waals surface area contributed by atoms with Crippen LogP contribution in [-0.2, 0) is 26.2 Å². The minimum absolute atomic E-state index is 0.0947. The molecule has 1 N–H and O–H groups in total. The highest BCUT2D eigenvalue weighted by molar-refractivity contribution is 7.92. The Hall–Kier alpha value is -3.65. The van der Waals surface area contributed by atoms with E-state index in [2.05, 4.69) is 5.32 Å². The van der Waals surface area contributed by atoms with Crippen molar-refractivity contribution in [3.05, 3.63) is 94.5 Å². The van der Waals surface area contributed by atoms with Gasteiger partial charge in [0.2, 0.25) is 11.8 Å². The summed E-state index contributed by atoms with van der Waals surface area (Å²) in [6.07, 6.45) is 0. The van der Waals surface area contributed by atoms with Crippen LogP contribution in [0.25, 0.3) is 0 Å². The number of sulfonamides is 1. The van der Waals surface area contributed by atoms with Crippen LogP contribution in [0.4, 0.5) is 5.69 Å². The predicted octanol–water partition coefficient (Wildman–Crippen LogP) is 4.67. The van der Waals surface area contributed by atoms with Crippen LogP contribution in [0.3, 0.4) is 0 Å². The third-order valence-electron chi connectivity index (χ3n) is 6.50. The Balaban J connectivity index is 2.08. The van der Waals surface area contributed by atoms with Gasteiger partial charge in [-0.25, -0.2) is 8.42 Å². The maximum atomic E-state index is 13.9. The lowest BCUT2D eigenvalue weighted by molar-refractivity contribution is -0.139. The lowest BCUT2D eigenvalue weighted by atomic mass is 10.1. The number of amides is 2. The third-order valence-corrected chi connectivity index (χ3v) is 8.29. The maximum Gasteiger partial charge on any atom is 0.264 e. The monoisotopic (exact) mass is 535 g/mol. The minimum Gasteiger partial charge on any atom is -0.355 e. The summed E-state index contributed by atoms with van der Waals surface area (Å²) in [5, 5.41) is 2.78. The fourth-order valence-electron chi connectivity index (χ4n) is 4.34. The molecule has 7 nitrogen and oxygen atoms in total. The van der Waals surface area contributed by atoms with Gasteiger partial charge in [0.25, 0.3) is 10.0 Å². The summed E-state index contributed by atoms with van der Waals surface area (Å²) in [4.78, 5) is 28.3. The highest BCUT2D eigenvalue weighted by Crippen LogP contribution is 2.27. The molecule has 0 fully saturated rings. The zero-order valence-electron chi connectivity index (χ0n) is 23.0. The summed E-state index contributed by atoms with van der Waals surface area (Å²) < 4.78 is 29.0. The number of benzene rings is 3. The summed E-state index contributed by atoms with van der Waals surface area (Å²) in [5.41, 5.74) is 4.95. The fraction of sp³-hybridized carbons (Fsp3) is 0.333. The van der Waals surface area contributed by atoms with Crippen molar-refractivity contribution in [1.29, 1.82) is 0 Å². The first-order valence-corrected chi connectivity index (χ1v) is 14.2. The SMILES string of the molecule is CCNC(=O)[C@@H](C)N(Cc1ccccc1C)C(=O)CN(c1cc(C)cc(C)c1)S(=O)(=O)c1ccc(C)cc1. The smallest absolute Gasteiger partial charge is 0.264 e. The topological polar surface area (TPSA) is 86.8 Å². The van der Waals surface area contributed by atoms with Gasteiger partial charge in [-0.3, -0.25) is 13.9 Å². The van der Waals surface area contributed by atoms with Crippen LogP contribution in [-0.4, -0.2) is 44.3 Å². The van der Waals surface area contributed by atoms with Crippen LogP contribution >= 0.6 is 0 Å². The molecule has 38 heavy (non-hydrogen) atoms. The predicted molar refractivity (Wildman–Crippen MR) is 152 cm³/mol. The first-order chi connectivity index (χ1) is 17.9. The van der Waals surface area contributed by atoms with Gasteiger partial charge in [0.1, 0.15) is 12.6 Å². The first-order valence-electron chi connectivity index (χ1n) is 12.7. The maximum absolute atomic E-state index is 13.9. The van der Waals surface area contributed by atoms with E-state index in [4.69, 9.17) is 0 Å². The molecule has 0 unspecified atom stereocenters. The third kappa shape index (κ3) is 6.81. The normalized spacial score (nSPS) is 12.1. The molecule has 0 aliphatic rings. The molecule has 3 aromatic carbocycles. The Morgan fingerprint density at radius 1 is 0.868 bits per heavy atom. The van der Waals surface area contributed by atoms with E-state index >= 15 is 0 Å². The van der Waals surface area contributed by atoms with Gasteiger partial charge in [-0.2, -0.15) is 0 Å². The van der Waals surface area contributed by atoms with Crippen molar-refractivity contribution >= 4 is 27.5 Å². The average Bonchev–Trinajstić information content (AvgIpc) is 2.86.